The summed E-state index contributed by atoms with van der Waals surface area (Å²) in [7, 11) is 3.93. The third-order valence-electron chi connectivity index (χ3n) is 5.04. The molecule has 0 unspecified atom stereocenters. The molecule has 2 aromatic rings. The standard InChI is InChI=1S/C20H22N2O/c1-22-11-10-19-18(13-22)16-9-8-15(23-2)12-17(16)20(21-19)14-6-4-3-5-7-14/h3-9,12,18-19H,10-11,13H2,1-2H3/t18-,19-/m0/s1. The molecule has 1 fully saturated rings. The van der Waals surface area contributed by atoms with Gasteiger partial charge in [-0.1, -0.05) is 36.4 Å². The van der Waals surface area contributed by atoms with E-state index in [-0.39, 0.29) is 0 Å². The van der Waals surface area contributed by atoms with Crippen molar-refractivity contribution in [1.29, 1.82) is 0 Å². The summed E-state index contributed by atoms with van der Waals surface area (Å²) in [5, 5.41) is 0. The van der Waals surface area contributed by atoms with Crippen LogP contribution in [0.3, 0.4) is 0 Å². The van der Waals surface area contributed by atoms with Gasteiger partial charge in [-0.2, -0.15) is 0 Å². The minimum atomic E-state index is 0.391. The van der Waals surface area contributed by atoms with Crippen LogP contribution < -0.4 is 4.74 Å². The number of fused-ring (bicyclic) bond motifs is 3. The van der Waals surface area contributed by atoms with Crippen molar-refractivity contribution in [2.75, 3.05) is 27.2 Å². The Balaban J connectivity index is 1.87. The second kappa shape index (κ2) is 5.82. The van der Waals surface area contributed by atoms with E-state index >= 15 is 0 Å². The molecule has 118 valence electrons. The number of hydrogen-bond acceptors (Lipinski definition) is 3. The number of nitrogens with zero attached hydrogens (tertiary/aromatic N) is 2. The Morgan fingerprint density at radius 2 is 1.96 bits per heavy atom. The third kappa shape index (κ3) is 2.55. The van der Waals surface area contributed by atoms with Crippen LogP contribution in [0, 0.1) is 0 Å². The Hall–Kier alpha value is -2.13. The van der Waals surface area contributed by atoms with E-state index in [4.69, 9.17) is 9.73 Å². The lowest BCUT2D eigenvalue weighted by Gasteiger charge is -2.39. The maximum Gasteiger partial charge on any atom is 0.119 e. The summed E-state index contributed by atoms with van der Waals surface area (Å²) in [5.74, 6) is 1.39. The number of methoxy groups -OCH3 is 1. The van der Waals surface area contributed by atoms with Crippen molar-refractivity contribution in [3.8, 4) is 5.75 Å². The molecule has 3 heteroatoms. The Morgan fingerprint density at radius 1 is 1.13 bits per heavy atom. The van der Waals surface area contributed by atoms with Crippen LogP contribution in [-0.4, -0.2) is 43.9 Å². The van der Waals surface area contributed by atoms with Gasteiger partial charge in [-0.15, -0.1) is 0 Å². The molecule has 0 aliphatic carbocycles. The van der Waals surface area contributed by atoms with E-state index in [1.54, 1.807) is 7.11 Å². The fraction of sp³-hybridized carbons (Fsp3) is 0.350. The highest BCUT2D eigenvalue weighted by molar-refractivity contribution is 6.14. The van der Waals surface area contributed by atoms with Crippen LogP contribution in [0.5, 0.6) is 5.75 Å². The average Bonchev–Trinajstić information content (AvgIpc) is 2.61. The molecular formula is C20H22N2O. The highest BCUT2D eigenvalue weighted by atomic mass is 16.5. The van der Waals surface area contributed by atoms with Gasteiger partial charge < -0.3 is 9.64 Å². The molecular weight excluding hydrogens is 284 g/mol. The topological polar surface area (TPSA) is 24.8 Å². The van der Waals surface area contributed by atoms with E-state index in [2.05, 4.69) is 60.5 Å². The van der Waals surface area contributed by atoms with Gasteiger partial charge in [-0.3, -0.25) is 4.99 Å². The van der Waals surface area contributed by atoms with Crippen LogP contribution in [-0.2, 0) is 0 Å². The third-order valence-corrected chi connectivity index (χ3v) is 5.04. The molecule has 2 aromatic carbocycles. The first kappa shape index (κ1) is 14.5. The normalized spacial score (nSPS) is 23.7. The monoisotopic (exact) mass is 306 g/mol. The van der Waals surface area contributed by atoms with E-state index in [9.17, 15) is 0 Å². The summed E-state index contributed by atoms with van der Waals surface area (Å²) in [4.78, 5) is 7.57. The second-order valence-electron chi connectivity index (χ2n) is 6.52. The molecule has 2 aliphatic rings. The van der Waals surface area contributed by atoms with Crippen LogP contribution in [0.15, 0.2) is 53.5 Å². The van der Waals surface area contributed by atoms with Crippen molar-refractivity contribution in [3.05, 3.63) is 65.2 Å². The molecule has 0 aromatic heterocycles. The highest BCUT2D eigenvalue weighted by Crippen LogP contribution is 2.38. The van der Waals surface area contributed by atoms with Crippen LogP contribution in [0.2, 0.25) is 0 Å². The predicted octanol–water partition coefficient (Wildman–Crippen LogP) is 3.33. The van der Waals surface area contributed by atoms with Crippen molar-refractivity contribution >= 4 is 5.71 Å². The fourth-order valence-corrected chi connectivity index (χ4v) is 3.81. The molecule has 0 bridgehead atoms. The van der Waals surface area contributed by atoms with Crippen LogP contribution >= 0.6 is 0 Å². The molecule has 0 spiro atoms. The SMILES string of the molecule is COc1ccc2c(c1)C(c1ccccc1)=N[C@H]1CCN(C)C[C@@H]21. The van der Waals surface area contributed by atoms with Gasteiger partial charge in [0.15, 0.2) is 0 Å². The molecule has 0 amide bonds. The molecule has 23 heavy (non-hydrogen) atoms. The molecule has 0 saturated carbocycles. The lowest BCUT2D eigenvalue weighted by Crippen LogP contribution is -2.41. The maximum atomic E-state index is 5.46. The number of benzene rings is 2. The summed E-state index contributed by atoms with van der Waals surface area (Å²) in [6.45, 7) is 2.20. The summed E-state index contributed by atoms with van der Waals surface area (Å²) in [6.07, 6.45) is 1.13. The average molecular weight is 306 g/mol. The zero-order chi connectivity index (χ0) is 15.8. The number of aliphatic imine (C=N–C) groups is 1. The van der Waals surface area contributed by atoms with Gasteiger partial charge in [0.2, 0.25) is 0 Å². The molecule has 3 nitrogen and oxygen atoms in total. The number of piperidine rings is 1. The maximum absolute atomic E-state index is 5.46. The van der Waals surface area contributed by atoms with Gasteiger partial charge >= 0.3 is 0 Å². The summed E-state index contributed by atoms with van der Waals surface area (Å²) >= 11 is 0. The quantitative estimate of drug-likeness (QED) is 0.850. The van der Waals surface area contributed by atoms with Gasteiger partial charge in [-0.05, 0) is 37.7 Å². The van der Waals surface area contributed by atoms with Crippen molar-refractivity contribution in [3.63, 3.8) is 0 Å². The predicted molar refractivity (Wildman–Crippen MR) is 93.7 cm³/mol. The van der Waals surface area contributed by atoms with Crippen LogP contribution in [0.4, 0.5) is 0 Å². The van der Waals surface area contributed by atoms with Crippen molar-refractivity contribution < 1.29 is 4.74 Å². The summed E-state index contributed by atoms with van der Waals surface area (Å²) < 4.78 is 5.46. The van der Waals surface area contributed by atoms with Gasteiger partial charge in [0.25, 0.3) is 0 Å². The molecule has 2 heterocycles. The fourth-order valence-electron chi connectivity index (χ4n) is 3.81. The molecule has 1 saturated heterocycles. The van der Waals surface area contributed by atoms with Crippen molar-refractivity contribution in [2.24, 2.45) is 4.99 Å². The smallest absolute Gasteiger partial charge is 0.119 e. The zero-order valence-corrected chi connectivity index (χ0v) is 13.7. The Labute approximate surface area is 137 Å². The van der Waals surface area contributed by atoms with Crippen molar-refractivity contribution in [2.45, 2.75) is 18.4 Å². The van der Waals surface area contributed by atoms with Gasteiger partial charge in [-0.25, -0.2) is 0 Å². The van der Waals surface area contributed by atoms with E-state index in [0.717, 1.165) is 31.0 Å². The molecule has 2 atom stereocenters. The minimum absolute atomic E-state index is 0.391. The van der Waals surface area contributed by atoms with Crippen molar-refractivity contribution in [1.82, 2.24) is 4.90 Å². The van der Waals surface area contributed by atoms with Gasteiger partial charge in [0, 0.05) is 23.6 Å². The lowest BCUT2D eigenvalue weighted by molar-refractivity contribution is 0.227. The largest absolute Gasteiger partial charge is 0.497 e. The molecule has 0 radical (unpaired) electrons. The zero-order valence-electron chi connectivity index (χ0n) is 13.7. The van der Waals surface area contributed by atoms with Gasteiger partial charge in [0.1, 0.15) is 5.75 Å². The van der Waals surface area contributed by atoms with E-state index in [1.807, 2.05) is 0 Å². The number of likely N-dealkylation sites (N-methyl/N-ethyl adjacent to an activating group) is 1. The highest BCUT2D eigenvalue weighted by Gasteiger charge is 2.35. The first-order valence-electron chi connectivity index (χ1n) is 8.26. The first-order chi connectivity index (χ1) is 11.3. The molecule has 0 N–H and O–H groups in total. The number of ether oxygens (including phenoxy) is 1. The first-order valence-corrected chi connectivity index (χ1v) is 8.26. The van der Waals surface area contributed by atoms with E-state index in [1.165, 1.54) is 16.7 Å². The van der Waals surface area contributed by atoms with Crippen LogP contribution in [0.1, 0.15) is 29.0 Å². The second-order valence-corrected chi connectivity index (χ2v) is 6.52. The van der Waals surface area contributed by atoms with E-state index < -0.39 is 0 Å². The molecule has 4 rings (SSSR count). The number of hydrogen-bond donors (Lipinski definition) is 0. The number of rotatable bonds is 2. The number of likely N-dealkylation sites (tertiary alicyclic amines) is 1. The Morgan fingerprint density at radius 3 is 2.74 bits per heavy atom. The lowest BCUT2D eigenvalue weighted by atomic mass is 9.79. The summed E-state index contributed by atoms with van der Waals surface area (Å²) in [5.41, 5.74) is 4.95. The Bertz CT molecular complexity index is 739. The van der Waals surface area contributed by atoms with Gasteiger partial charge in [0.05, 0.1) is 18.9 Å². The minimum Gasteiger partial charge on any atom is -0.497 e. The Kier molecular flexibility index (Phi) is 3.66. The summed E-state index contributed by atoms with van der Waals surface area (Å²) in [6, 6.07) is 17.4. The molecule has 2 aliphatic heterocycles. The van der Waals surface area contributed by atoms with E-state index in [0.29, 0.717) is 12.0 Å². The van der Waals surface area contributed by atoms with Crippen LogP contribution in [0.25, 0.3) is 0 Å².